The molecule has 84 valence electrons. The Morgan fingerprint density at radius 1 is 1.69 bits per heavy atom. The molecule has 0 saturated heterocycles. The molecule has 0 unspecified atom stereocenters. The largest absolute Gasteiger partial charge is 0.481 e. The van der Waals surface area contributed by atoms with Gasteiger partial charge in [-0.15, -0.1) is 0 Å². The van der Waals surface area contributed by atoms with Gasteiger partial charge in [-0.1, -0.05) is 0 Å². The fraction of sp³-hybridized carbons (Fsp3) is 0.222. The van der Waals surface area contributed by atoms with E-state index in [-0.39, 0.29) is 15.7 Å². The molecule has 4 nitrogen and oxygen atoms in total. The Hall–Kier alpha value is -1.55. The van der Waals surface area contributed by atoms with Crippen LogP contribution in [-0.2, 0) is 11.2 Å². The zero-order valence-corrected chi connectivity index (χ0v) is 9.33. The number of pyridine rings is 1. The third-order valence-electron chi connectivity index (χ3n) is 1.82. The first kappa shape index (κ1) is 12.5. The third kappa shape index (κ3) is 2.52. The molecule has 1 aromatic rings. The molecular formula is C9H5BrF2N2O2. The van der Waals surface area contributed by atoms with Gasteiger partial charge in [-0.25, -0.2) is 13.8 Å². The Morgan fingerprint density at radius 2 is 2.31 bits per heavy atom. The van der Waals surface area contributed by atoms with Crippen LogP contribution in [0.25, 0.3) is 0 Å². The summed E-state index contributed by atoms with van der Waals surface area (Å²) in [5.74, 6) is -1.21. The first-order chi connectivity index (χ1) is 7.47. The highest BCUT2D eigenvalue weighted by Crippen LogP contribution is 2.30. The molecule has 0 aliphatic carbocycles. The second kappa shape index (κ2) is 4.99. The molecule has 0 fully saturated rings. The van der Waals surface area contributed by atoms with Gasteiger partial charge in [0.15, 0.2) is 0 Å². The van der Waals surface area contributed by atoms with Crippen molar-refractivity contribution in [2.45, 2.75) is 12.8 Å². The van der Waals surface area contributed by atoms with E-state index in [1.807, 2.05) is 0 Å². The van der Waals surface area contributed by atoms with Crippen LogP contribution in [0, 0.1) is 11.3 Å². The molecule has 0 atom stereocenters. The average Bonchev–Trinajstić information content (AvgIpc) is 2.18. The molecule has 0 aliphatic heterocycles. The SMILES string of the molecule is N#Cc1c(CC(=O)O)cnc(Br)c1C(F)F. The molecule has 1 rings (SSSR count). The lowest BCUT2D eigenvalue weighted by atomic mass is 10.0. The zero-order chi connectivity index (χ0) is 12.3. The molecule has 0 aromatic carbocycles. The first-order valence-corrected chi connectivity index (χ1v) is 4.84. The maximum absolute atomic E-state index is 12.6. The van der Waals surface area contributed by atoms with E-state index < -0.39 is 24.4 Å². The average molecular weight is 291 g/mol. The number of aliphatic carboxylic acids is 1. The summed E-state index contributed by atoms with van der Waals surface area (Å²) in [4.78, 5) is 14.1. The summed E-state index contributed by atoms with van der Waals surface area (Å²) in [5, 5.41) is 17.3. The Kier molecular flexibility index (Phi) is 3.90. The lowest BCUT2D eigenvalue weighted by Gasteiger charge is -2.08. The van der Waals surface area contributed by atoms with Crippen molar-refractivity contribution in [1.82, 2.24) is 4.98 Å². The minimum absolute atomic E-state index is 0.0199. The van der Waals surface area contributed by atoms with Crippen LogP contribution in [0.2, 0.25) is 0 Å². The van der Waals surface area contributed by atoms with Crippen molar-refractivity contribution in [3.05, 3.63) is 27.5 Å². The van der Waals surface area contributed by atoms with Crippen LogP contribution in [0.3, 0.4) is 0 Å². The number of nitrogens with zero attached hydrogens (tertiary/aromatic N) is 2. The molecule has 0 radical (unpaired) electrons. The van der Waals surface area contributed by atoms with Gasteiger partial charge in [0, 0.05) is 6.20 Å². The lowest BCUT2D eigenvalue weighted by Crippen LogP contribution is -2.06. The van der Waals surface area contributed by atoms with Crippen molar-refractivity contribution in [1.29, 1.82) is 5.26 Å². The Labute approximate surface area is 97.7 Å². The molecule has 0 spiro atoms. The number of carboxylic acids is 1. The summed E-state index contributed by atoms with van der Waals surface area (Å²) in [6, 6.07) is 1.58. The third-order valence-corrected chi connectivity index (χ3v) is 2.45. The summed E-state index contributed by atoms with van der Waals surface area (Å²) >= 11 is 2.80. The minimum atomic E-state index is -2.88. The molecule has 1 N–H and O–H groups in total. The summed E-state index contributed by atoms with van der Waals surface area (Å²) in [7, 11) is 0. The van der Waals surface area contributed by atoms with E-state index in [4.69, 9.17) is 10.4 Å². The van der Waals surface area contributed by atoms with Gasteiger partial charge in [-0.05, 0) is 21.5 Å². The number of aromatic nitrogens is 1. The first-order valence-electron chi connectivity index (χ1n) is 4.04. The van der Waals surface area contributed by atoms with E-state index in [1.54, 1.807) is 6.07 Å². The number of hydrogen-bond donors (Lipinski definition) is 1. The fourth-order valence-electron chi connectivity index (χ4n) is 1.17. The topological polar surface area (TPSA) is 74.0 Å². The minimum Gasteiger partial charge on any atom is -0.481 e. The Morgan fingerprint density at radius 3 is 2.75 bits per heavy atom. The van der Waals surface area contributed by atoms with Crippen molar-refractivity contribution in [3.63, 3.8) is 0 Å². The van der Waals surface area contributed by atoms with Gasteiger partial charge in [0.05, 0.1) is 17.5 Å². The van der Waals surface area contributed by atoms with Crippen LogP contribution >= 0.6 is 15.9 Å². The normalized spacial score (nSPS) is 10.2. The van der Waals surface area contributed by atoms with E-state index >= 15 is 0 Å². The summed E-state index contributed by atoms with van der Waals surface area (Å²) in [6.45, 7) is 0. The van der Waals surface area contributed by atoms with Crippen molar-refractivity contribution < 1.29 is 18.7 Å². The van der Waals surface area contributed by atoms with Crippen LogP contribution < -0.4 is 0 Å². The number of carbonyl (C=O) groups is 1. The van der Waals surface area contributed by atoms with Gasteiger partial charge >= 0.3 is 5.97 Å². The number of halogens is 3. The smallest absolute Gasteiger partial charge is 0.307 e. The Balaban J connectivity index is 3.38. The molecule has 0 saturated carbocycles. The van der Waals surface area contributed by atoms with Gasteiger partial charge in [-0.3, -0.25) is 4.79 Å². The number of nitriles is 1. The van der Waals surface area contributed by atoms with Crippen molar-refractivity contribution in [2.24, 2.45) is 0 Å². The second-order valence-electron chi connectivity index (χ2n) is 2.85. The highest BCUT2D eigenvalue weighted by atomic mass is 79.9. The van der Waals surface area contributed by atoms with Crippen LogP contribution in [0.5, 0.6) is 0 Å². The molecule has 7 heteroatoms. The summed E-state index contributed by atoms with van der Waals surface area (Å²) in [6.07, 6.45) is -2.30. The summed E-state index contributed by atoms with van der Waals surface area (Å²) in [5.41, 5.74) is -0.922. The highest BCUT2D eigenvalue weighted by molar-refractivity contribution is 9.10. The monoisotopic (exact) mass is 290 g/mol. The quantitative estimate of drug-likeness (QED) is 0.867. The Bertz CT molecular complexity index is 471. The van der Waals surface area contributed by atoms with Gasteiger partial charge < -0.3 is 5.11 Å². The highest BCUT2D eigenvalue weighted by Gasteiger charge is 2.21. The van der Waals surface area contributed by atoms with Crippen LogP contribution in [0.15, 0.2) is 10.8 Å². The predicted octanol–water partition coefficient (Wildman–Crippen LogP) is 2.28. The van der Waals surface area contributed by atoms with E-state index in [0.717, 1.165) is 6.20 Å². The maximum atomic E-state index is 12.6. The number of rotatable bonds is 3. The van der Waals surface area contributed by atoms with Crippen LogP contribution in [0.1, 0.15) is 23.1 Å². The molecule has 0 amide bonds. The van der Waals surface area contributed by atoms with Crippen LogP contribution in [0.4, 0.5) is 8.78 Å². The fourth-order valence-corrected chi connectivity index (χ4v) is 1.65. The van der Waals surface area contributed by atoms with E-state index in [9.17, 15) is 13.6 Å². The maximum Gasteiger partial charge on any atom is 0.307 e. The van der Waals surface area contributed by atoms with Gasteiger partial charge in [0.25, 0.3) is 6.43 Å². The molecule has 1 heterocycles. The number of carboxylic acid groups (broad SMARTS) is 1. The number of hydrogen-bond acceptors (Lipinski definition) is 3. The van der Waals surface area contributed by atoms with Gasteiger partial charge in [0.1, 0.15) is 10.7 Å². The van der Waals surface area contributed by atoms with E-state index in [1.165, 1.54) is 0 Å². The van der Waals surface area contributed by atoms with Gasteiger partial charge in [0.2, 0.25) is 0 Å². The van der Waals surface area contributed by atoms with Crippen molar-refractivity contribution >= 4 is 21.9 Å². The second-order valence-corrected chi connectivity index (χ2v) is 3.60. The molecule has 0 aliphatic rings. The van der Waals surface area contributed by atoms with Crippen LogP contribution in [-0.4, -0.2) is 16.1 Å². The summed E-state index contributed by atoms with van der Waals surface area (Å²) < 4.78 is 25.1. The molecular weight excluding hydrogens is 286 g/mol. The van der Waals surface area contributed by atoms with E-state index in [2.05, 4.69) is 20.9 Å². The molecule has 16 heavy (non-hydrogen) atoms. The van der Waals surface area contributed by atoms with E-state index in [0.29, 0.717) is 0 Å². The number of alkyl halides is 2. The molecule has 0 bridgehead atoms. The predicted molar refractivity (Wildman–Crippen MR) is 52.9 cm³/mol. The van der Waals surface area contributed by atoms with Gasteiger partial charge in [-0.2, -0.15) is 5.26 Å². The zero-order valence-electron chi connectivity index (χ0n) is 7.75. The van der Waals surface area contributed by atoms with Crippen molar-refractivity contribution in [2.75, 3.05) is 0 Å². The lowest BCUT2D eigenvalue weighted by molar-refractivity contribution is -0.136. The standard InChI is InChI=1S/C9H5BrF2N2O2/c10-8-7(9(11)12)5(2-13)4(3-14-8)1-6(15)16/h3,9H,1H2,(H,15,16). The molecule has 1 aromatic heterocycles. The van der Waals surface area contributed by atoms with Crippen molar-refractivity contribution in [3.8, 4) is 6.07 Å².